The number of carbonyl (C=O) groups excluding carboxylic acids is 2. The van der Waals surface area contributed by atoms with Crippen molar-refractivity contribution in [2.45, 2.75) is 42.5 Å². The van der Waals surface area contributed by atoms with Crippen LogP contribution in [0.15, 0.2) is 23.1 Å². The first-order valence-corrected chi connectivity index (χ1v) is 11.0. The molecule has 1 amide bonds. The molecule has 3 rings (SSSR count). The van der Waals surface area contributed by atoms with E-state index in [0.29, 0.717) is 12.8 Å². The van der Waals surface area contributed by atoms with Crippen LogP contribution in [0.1, 0.15) is 42.5 Å². The maximum Gasteiger partial charge on any atom is 0.331 e. The first-order valence-electron chi connectivity index (χ1n) is 9.58. The van der Waals surface area contributed by atoms with Crippen LogP contribution in [0.2, 0.25) is 0 Å². The zero-order chi connectivity index (χ0) is 21.1. The van der Waals surface area contributed by atoms with Gasteiger partial charge >= 0.3 is 5.97 Å². The molecule has 8 nitrogen and oxygen atoms in total. The lowest BCUT2D eigenvalue weighted by molar-refractivity contribution is -0.149. The number of morpholine rings is 1. The van der Waals surface area contributed by atoms with E-state index >= 15 is 0 Å². The van der Waals surface area contributed by atoms with Gasteiger partial charge in [-0.15, -0.1) is 0 Å². The number of sulfonamides is 1. The van der Waals surface area contributed by atoms with E-state index in [-0.39, 0.29) is 31.9 Å². The molecule has 0 atom stereocenters. The molecule has 2 aliphatic rings. The molecule has 1 aliphatic heterocycles. The van der Waals surface area contributed by atoms with Crippen molar-refractivity contribution in [2.24, 2.45) is 0 Å². The van der Waals surface area contributed by atoms with E-state index in [1.165, 1.54) is 13.2 Å². The maximum absolute atomic E-state index is 14.4. The van der Waals surface area contributed by atoms with Gasteiger partial charge in [-0.1, -0.05) is 19.3 Å². The van der Waals surface area contributed by atoms with Crippen molar-refractivity contribution in [1.82, 2.24) is 9.62 Å². The molecule has 1 N–H and O–H groups in total. The first kappa shape index (κ1) is 21.7. The third kappa shape index (κ3) is 4.44. The van der Waals surface area contributed by atoms with Crippen molar-refractivity contribution in [1.29, 1.82) is 0 Å². The molecule has 0 bridgehead atoms. The number of halogens is 1. The Morgan fingerprint density at radius 1 is 1.17 bits per heavy atom. The minimum absolute atomic E-state index is 0.0351. The van der Waals surface area contributed by atoms with E-state index in [4.69, 9.17) is 9.47 Å². The number of benzene rings is 1. The van der Waals surface area contributed by atoms with Gasteiger partial charge in [-0.25, -0.2) is 17.6 Å². The summed E-state index contributed by atoms with van der Waals surface area (Å²) in [5.74, 6) is -2.11. The van der Waals surface area contributed by atoms with Gasteiger partial charge < -0.3 is 14.8 Å². The van der Waals surface area contributed by atoms with Gasteiger partial charge in [-0.2, -0.15) is 4.31 Å². The fraction of sp³-hybridized carbons (Fsp3) is 0.579. The zero-order valence-electron chi connectivity index (χ0n) is 16.3. The predicted molar refractivity (Wildman–Crippen MR) is 101 cm³/mol. The largest absolute Gasteiger partial charge is 0.467 e. The van der Waals surface area contributed by atoms with Gasteiger partial charge in [0.1, 0.15) is 16.3 Å². The molecule has 1 saturated carbocycles. The third-order valence-electron chi connectivity index (χ3n) is 5.42. The van der Waals surface area contributed by atoms with Crippen molar-refractivity contribution < 1.29 is 31.9 Å². The summed E-state index contributed by atoms with van der Waals surface area (Å²) in [7, 11) is -2.85. The number of methoxy groups -OCH3 is 1. The van der Waals surface area contributed by atoms with Crippen molar-refractivity contribution in [3.05, 3.63) is 29.6 Å². The van der Waals surface area contributed by atoms with E-state index in [2.05, 4.69) is 5.32 Å². The average Bonchev–Trinajstić information content (AvgIpc) is 2.74. The molecular formula is C19H25FN2O6S. The second kappa shape index (κ2) is 8.76. The Balaban J connectivity index is 1.88. The lowest BCUT2D eigenvalue weighted by Crippen LogP contribution is -2.56. The lowest BCUT2D eigenvalue weighted by atomic mass is 9.81. The molecule has 1 heterocycles. The molecule has 1 aromatic carbocycles. The highest BCUT2D eigenvalue weighted by Crippen LogP contribution is 2.30. The number of nitrogens with zero attached hydrogens (tertiary/aromatic N) is 1. The summed E-state index contributed by atoms with van der Waals surface area (Å²) in [5.41, 5.74) is -1.19. The van der Waals surface area contributed by atoms with Crippen LogP contribution in [-0.2, 0) is 24.3 Å². The van der Waals surface area contributed by atoms with E-state index in [1.807, 2.05) is 0 Å². The van der Waals surface area contributed by atoms with Gasteiger partial charge in [0.25, 0.3) is 5.91 Å². The molecule has 0 aromatic heterocycles. The Morgan fingerprint density at radius 3 is 2.45 bits per heavy atom. The topological polar surface area (TPSA) is 102 Å². The number of esters is 1. The minimum atomic E-state index is -4.11. The molecule has 10 heteroatoms. The van der Waals surface area contributed by atoms with Crippen molar-refractivity contribution in [3.8, 4) is 0 Å². The SMILES string of the molecule is COC(=O)C1(NC(=O)c2ccc(F)c(S(=O)(=O)N3CCOCC3)c2)CCCCC1. The number of hydrogen-bond acceptors (Lipinski definition) is 6. The van der Waals surface area contributed by atoms with Crippen molar-refractivity contribution >= 4 is 21.9 Å². The molecule has 0 radical (unpaired) electrons. The smallest absolute Gasteiger partial charge is 0.331 e. The van der Waals surface area contributed by atoms with Crippen molar-refractivity contribution in [3.63, 3.8) is 0 Å². The highest BCUT2D eigenvalue weighted by atomic mass is 32.2. The summed E-state index contributed by atoms with van der Waals surface area (Å²) >= 11 is 0. The maximum atomic E-state index is 14.4. The number of amides is 1. The third-order valence-corrected chi connectivity index (χ3v) is 7.33. The Kier molecular flexibility index (Phi) is 6.55. The Labute approximate surface area is 169 Å². The number of rotatable bonds is 5. The molecule has 1 saturated heterocycles. The van der Waals surface area contributed by atoms with Gasteiger partial charge in [0.05, 0.1) is 20.3 Å². The molecular weight excluding hydrogens is 403 g/mol. The number of carbonyl (C=O) groups is 2. The first-order chi connectivity index (χ1) is 13.8. The monoisotopic (exact) mass is 428 g/mol. The summed E-state index contributed by atoms with van der Waals surface area (Å²) in [5, 5.41) is 2.71. The molecule has 2 fully saturated rings. The van der Waals surface area contributed by atoms with Crippen LogP contribution in [0.3, 0.4) is 0 Å². The molecule has 1 aromatic rings. The summed E-state index contributed by atoms with van der Waals surface area (Å²) in [6.07, 6.45) is 3.34. The fourth-order valence-corrected chi connectivity index (χ4v) is 5.29. The molecule has 29 heavy (non-hydrogen) atoms. The number of hydrogen-bond donors (Lipinski definition) is 1. The minimum Gasteiger partial charge on any atom is -0.467 e. The van der Waals surface area contributed by atoms with E-state index < -0.39 is 38.2 Å². The Morgan fingerprint density at radius 2 is 1.83 bits per heavy atom. The number of nitrogens with one attached hydrogen (secondary N) is 1. The highest BCUT2D eigenvalue weighted by molar-refractivity contribution is 7.89. The van der Waals surface area contributed by atoms with Crippen LogP contribution in [0, 0.1) is 5.82 Å². The quantitative estimate of drug-likeness (QED) is 0.713. The van der Waals surface area contributed by atoms with Crippen LogP contribution in [-0.4, -0.2) is 63.6 Å². The van der Waals surface area contributed by atoms with Crippen LogP contribution in [0.4, 0.5) is 4.39 Å². The van der Waals surface area contributed by atoms with Crippen LogP contribution in [0.25, 0.3) is 0 Å². The van der Waals surface area contributed by atoms with Gasteiger partial charge in [0, 0.05) is 18.7 Å². The van der Waals surface area contributed by atoms with Gasteiger partial charge in [-0.05, 0) is 31.0 Å². The second-order valence-corrected chi connectivity index (χ2v) is 9.16. The van der Waals surface area contributed by atoms with Crippen LogP contribution in [0.5, 0.6) is 0 Å². The zero-order valence-corrected chi connectivity index (χ0v) is 17.1. The van der Waals surface area contributed by atoms with E-state index in [1.54, 1.807) is 0 Å². The second-order valence-electron chi connectivity index (χ2n) is 7.25. The van der Waals surface area contributed by atoms with E-state index in [9.17, 15) is 22.4 Å². The molecule has 160 valence electrons. The molecule has 0 spiro atoms. The summed E-state index contributed by atoms with van der Waals surface area (Å²) in [4.78, 5) is 24.6. The summed E-state index contributed by atoms with van der Waals surface area (Å²) in [6, 6.07) is 3.17. The van der Waals surface area contributed by atoms with Crippen LogP contribution >= 0.6 is 0 Å². The number of ether oxygens (including phenoxy) is 2. The predicted octanol–water partition coefficient (Wildman–Crippen LogP) is 1.45. The van der Waals surface area contributed by atoms with Crippen molar-refractivity contribution in [2.75, 3.05) is 33.4 Å². The van der Waals surface area contributed by atoms with Gasteiger partial charge in [0.15, 0.2) is 0 Å². The fourth-order valence-electron chi connectivity index (χ4n) is 3.79. The Hall–Kier alpha value is -2.04. The standard InChI is InChI=1S/C19H25FN2O6S/c1-27-18(24)19(7-3-2-4-8-19)21-17(23)14-5-6-15(20)16(13-14)29(25,26)22-9-11-28-12-10-22/h5-6,13H,2-4,7-12H2,1H3,(H,21,23). The average molecular weight is 428 g/mol. The van der Waals surface area contributed by atoms with E-state index in [0.717, 1.165) is 35.7 Å². The van der Waals surface area contributed by atoms with Gasteiger partial charge in [0.2, 0.25) is 10.0 Å². The lowest BCUT2D eigenvalue weighted by Gasteiger charge is -2.35. The molecule has 1 aliphatic carbocycles. The normalized spacial score (nSPS) is 20.1. The highest BCUT2D eigenvalue weighted by Gasteiger charge is 2.42. The summed E-state index contributed by atoms with van der Waals surface area (Å²) in [6.45, 7) is 0.679. The van der Waals surface area contributed by atoms with Crippen LogP contribution < -0.4 is 5.32 Å². The Bertz CT molecular complexity index is 877. The van der Waals surface area contributed by atoms with Gasteiger partial charge in [-0.3, -0.25) is 4.79 Å². The molecule has 0 unspecified atom stereocenters. The summed E-state index contributed by atoms with van der Waals surface area (Å²) < 4.78 is 51.1.